The highest BCUT2D eigenvalue weighted by Gasteiger charge is 2.06. The van der Waals surface area contributed by atoms with E-state index >= 15 is 0 Å². The summed E-state index contributed by atoms with van der Waals surface area (Å²) in [4.78, 5) is 7.71. The maximum absolute atomic E-state index is 4.34. The number of hydrogen-bond donors (Lipinski definition) is 0. The van der Waals surface area contributed by atoms with Crippen LogP contribution in [-0.2, 0) is 0 Å². The van der Waals surface area contributed by atoms with Crippen LogP contribution in [0.1, 0.15) is 11.8 Å². The molecule has 0 spiro atoms. The van der Waals surface area contributed by atoms with Gasteiger partial charge in [0.25, 0.3) is 0 Å². The molecule has 0 amide bonds. The Morgan fingerprint density at radius 3 is 2.64 bits per heavy atom. The molecule has 0 N–H and O–H groups in total. The van der Waals surface area contributed by atoms with Gasteiger partial charge in [0.15, 0.2) is 5.13 Å². The van der Waals surface area contributed by atoms with E-state index in [1.165, 1.54) is 4.88 Å². The molecular weight excluding hydrogens is 224 g/mol. The smallest absolute Gasteiger partial charge is 0.186 e. The summed E-state index contributed by atoms with van der Waals surface area (Å²) in [6, 6.07) is 0. The minimum Gasteiger partial charge on any atom is -0.351 e. The fourth-order valence-corrected chi connectivity index (χ4v) is 2.02. The van der Waals surface area contributed by atoms with Crippen molar-refractivity contribution in [2.75, 3.05) is 18.5 Å². The average molecular weight is 235 g/mol. The number of aryl methyl sites for hydroxylation is 1. The number of anilines is 1. The van der Waals surface area contributed by atoms with Gasteiger partial charge in [0.05, 0.1) is 0 Å². The Balaban J connectivity index is 2.88. The summed E-state index contributed by atoms with van der Waals surface area (Å²) in [6.45, 7) is 5.18. The summed E-state index contributed by atoms with van der Waals surface area (Å²) in [5.41, 5.74) is 0. The predicted octanol–water partition coefficient (Wildman–Crippen LogP) is 2.67. The first kappa shape index (κ1) is 9.00. The summed E-state index contributed by atoms with van der Waals surface area (Å²) in [7, 11) is 2.05. The number of nitrogens with zero attached hydrogens (tertiary/aromatic N) is 2. The Morgan fingerprint density at radius 1 is 1.64 bits per heavy atom. The SMILES string of the molecule is CCN(C)c1nc(Br)c(C)s1. The van der Waals surface area contributed by atoms with E-state index in [9.17, 15) is 0 Å². The molecule has 1 aromatic heterocycles. The number of hydrogen-bond acceptors (Lipinski definition) is 3. The molecule has 0 radical (unpaired) electrons. The Labute approximate surface area is 79.4 Å². The third kappa shape index (κ3) is 1.93. The predicted molar refractivity (Wildman–Crippen MR) is 53.5 cm³/mol. The first-order valence-electron chi connectivity index (χ1n) is 3.49. The highest BCUT2D eigenvalue weighted by molar-refractivity contribution is 9.10. The van der Waals surface area contributed by atoms with Crippen LogP contribution in [0.5, 0.6) is 0 Å². The molecule has 0 aliphatic heterocycles. The maximum atomic E-state index is 4.34. The topological polar surface area (TPSA) is 16.1 Å². The molecule has 2 nitrogen and oxygen atoms in total. The van der Waals surface area contributed by atoms with E-state index < -0.39 is 0 Å². The molecule has 11 heavy (non-hydrogen) atoms. The van der Waals surface area contributed by atoms with Crippen molar-refractivity contribution in [1.29, 1.82) is 0 Å². The van der Waals surface area contributed by atoms with Crippen molar-refractivity contribution in [3.8, 4) is 0 Å². The normalized spacial score (nSPS) is 10.2. The quantitative estimate of drug-likeness (QED) is 0.783. The summed E-state index contributed by atoms with van der Waals surface area (Å²) in [6.07, 6.45) is 0. The minimum atomic E-state index is 0.970. The Hall–Kier alpha value is -0.0900. The van der Waals surface area contributed by atoms with Crippen LogP contribution in [0, 0.1) is 6.92 Å². The summed E-state index contributed by atoms with van der Waals surface area (Å²) in [5, 5.41) is 1.08. The van der Waals surface area contributed by atoms with Crippen LogP contribution < -0.4 is 4.90 Å². The van der Waals surface area contributed by atoms with Crippen molar-refractivity contribution in [3.05, 3.63) is 9.48 Å². The lowest BCUT2D eigenvalue weighted by Crippen LogP contribution is -2.15. The summed E-state index contributed by atoms with van der Waals surface area (Å²) >= 11 is 5.10. The molecule has 0 fully saturated rings. The third-order valence-corrected chi connectivity index (χ3v) is 3.65. The monoisotopic (exact) mass is 234 g/mol. The Bertz CT molecular complexity index is 227. The molecule has 0 saturated heterocycles. The zero-order valence-corrected chi connectivity index (χ0v) is 9.29. The van der Waals surface area contributed by atoms with Crippen LogP contribution in [0.3, 0.4) is 0 Å². The molecule has 0 atom stereocenters. The van der Waals surface area contributed by atoms with E-state index in [4.69, 9.17) is 0 Å². The molecule has 0 saturated carbocycles. The van der Waals surface area contributed by atoms with E-state index in [0.29, 0.717) is 0 Å². The Kier molecular flexibility index (Phi) is 2.90. The van der Waals surface area contributed by atoms with Gasteiger partial charge >= 0.3 is 0 Å². The average Bonchev–Trinajstić information content (AvgIpc) is 2.31. The molecule has 1 rings (SSSR count). The van der Waals surface area contributed by atoms with Crippen LogP contribution >= 0.6 is 27.3 Å². The van der Waals surface area contributed by atoms with Gasteiger partial charge in [0.1, 0.15) is 4.60 Å². The molecule has 1 aromatic rings. The molecule has 1 heterocycles. The lowest BCUT2D eigenvalue weighted by molar-refractivity contribution is 0.955. The molecule has 4 heteroatoms. The zero-order chi connectivity index (χ0) is 8.43. The zero-order valence-electron chi connectivity index (χ0n) is 6.89. The van der Waals surface area contributed by atoms with Gasteiger partial charge in [0.2, 0.25) is 0 Å². The minimum absolute atomic E-state index is 0.970. The van der Waals surface area contributed by atoms with Crippen molar-refractivity contribution >= 4 is 32.4 Å². The fourth-order valence-electron chi connectivity index (χ4n) is 0.663. The third-order valence-electron chi connectivity index (χ3n) is 1.53. The van der Waals surface area contributed by atoms with E-state index in [1.807, 2.05) is 7.05 Å². The van der Waals surface area contributed by atoms with Crippen LogP contribution in [0.2, 0.25) is 0 Å². The molecule has 0 aliphatic rings. The van der Waals surface area contributed by atoms with Gasteiger partial charge in [0, 0.05) is 18.5 Å². The summed E-state index contributed by atoms with van der Waals surface area (Å²) in [5.74, 6) is 0. The molecule has 0 aromatic carbocycles. The van der Waals surface area contributed by atoms with Crippen molar-refractivity contribution < 1.29 is 0 Å². The summed E-state index contributed by atoms with van der Waals surface area (Å²) < 4.78 is 0.970. The number of aromatic nitrogens is 1. The second-order valence-corrected chi connectivity index (χ2v) is 4.29. The highest BCUT2D eigenvalue weighted by Crippen LogP contribution is 2.27. The van der Waals surface area contributed by atoms with Crippen LogP contribution in [0.4, 0.5) is 5.13 Å². The van der Waals surface area contributed by atoms with Crippen molar-refractivity contribution in [3.63, 3.8) is 0 Å². The van der Waals surface area contributed by atoms with E-state index in [2.05, 4.69) is 39.7 Å². The van der Waals surface area contributed by atoms with Crippen molar-refractivity contribution in [2.45, 2.75) is 13.8 Å². The van der Waals surface area contributed by atoms with E-state index in [0.717, 1.165) is 16.3 Å². The first-order chi connectivity index (χ1) is 5.15. The Morgan fingerprint density at radius 2 is 2.27 bits per heavy atom. The van der Waals surface area contributed by atoms with Crippen molar-refractivity contribution in [1.82, 2.24) is 4.98 Å². The van der Waals surface area contributed by atoms with Gasteiger partial charge < -0.3 is 4.90 Å². The largest absolute Gasteiger partial charge is 0.351 e. The number of halogens is 1. The van der Waals surface area contributed by atoms with Gasteiger partial charge in [-0.3, -0.25) is 0 Å². The van der Waals surface area contributed by atoms with Crippen molar-refractivity contribution in [2.24, 2.45) is 0 Å². The lowest BCUT2D eigenvalue weighted by atomic mass is 10.6. The second kappa shape index (κ2) is 3.54. The lowest BCUT2D eigenvalue weighted by Gasteiger charge is -2.10. The highest BCUT2D eigenvalue weighted by atomic mass is 79.9. The number of rotatable bonds is 2. The van der Waals surface area contributed by atoms with E-state index in [-0.39, 0.29) is 0 Å². The van der Waals surface area contributed by atoms with Crippen LogP contribution in [0.15, 0.2) is 4.60 Å². The molecule has 0 unspecified atom stereocenters. The first-order valence-corrected chi connectivity index (χ1v) is 5.10. The second-order valence-electron chi connectivity index (χ2n) is 2.36. The van der Waals surface area contributed by atoms with E-state index in [1.54, 1.807) is 11.3 Å². The van der Waals surface area contributed by atoms with Gasteiger partial charge in [-0.1, -0.05) is 0 Å². The van der Waals surface area contributed by atoms with Gasteiger partial charge in [-0.2, -0.15) is 0 Å². The molecule has 62 valence electrons. The molecule has 0 bridgehead atoms. The maximum Gasteiger partial charge on any atom is 0.186 e. The van der Waals surface area contributed by atoms with Crippen LogP contribution in [0.25, 0.3) is 0 Å². The number of thiazole rings is 1. The van der Waals surface area contributed by atoms with Gasteiger partial charge in [-0.15, -0.1) is 11.3 Å². The van der Waals surface area contributed by atoms with Gasteiger partial charge in [-0.25, -0.2) is 4.98 Å². The molecule has 0 aliphatic carbocycles. The van der Waals surface area contributed by atoms with Gasteiger partial charge in [-0.05, 0) is 29.8 Å². The molecular formula is C7H11BrN2S. The fraction of sp³-hybridized carbons (Fsp3) is 0.571. The standard InChI is InChI=1S/C7H11BrN2S/c1-4-10(3)7-9-6(8)5(2)11-7/h4H2,1-3H3. The van der Waals surface area contributed by atoms with Crippen LogP contribution in [-0.4, -0.2) is 18.6 Å².